The average Bonchev–Trinajstić information content (AvgIpc) is 2.71. The van der Waals surface area contributed by atoms with Crippen LogP contribution in [0.15, 0.2) is 78.9 Å². The van der Waals surface area contributed by atoms with Gasteiger partial charge in [-0.15, -0.1) is 0 Å². The molecule has 5 nitrogen and oxygen atoms in total. The topological polar surface area (TPSA) is 67.4 Å². The Kier molecular flexibility index (Phi) is 5.79. The molecule has 0 aliphatic carbocycles. The van der Waals surface area contributed by atoms with E-state index in [-0.39, 0.29) is 12.2 Å². The first-order valence-corrected chi connectivity index (χ1v) is 8.26. The van der Waals surface area contributed by atoms with Gasteiger partial charge in [0.15, 0.2) is 0 Å². The maximum atomic E-state index is 13.6. The van der Waals surface area contributed by atoms with Gasteiger partial charge in [-0.2, -0.15) is 0 Å². The van der Waals surface area contributed by atoms with Gasteiger partial charge in [0.2, 0.25) is 0 Å². The monoisotopic (exact) mass is 364 g/mol. The van der Waals surface area contributed by atoms with E-state index in [1.54, 1.807) is 24.3 Å². The second-order valence-corrected chi connectivity index (χ2v) is 5.65. The first kappa shape index (κ1) is 18.1. The summed E-state index contributed by atoms with van der Waals surface area (Å²) in [5.41, 5.74) is 5.37. The summed E-state index contributed by atoms with van der Waals surface area (Å²) in [4.78, 5) is 24.4. The third-order valence-electron chi connectivity index (χ3n) is 3.81. The molecule has 3 aromatic carbocycles. The van der Waals surface area contributed by atoms with E-state index < -0.39 is 17.6 Å². The van der Waals surface area contributed by atoms with Gasteiger partial charge in [-0.3, -0.25) is 20.4 Å². The minimum absolute atomic E-state index is 0.154. The van der Waals surface area contributed by atoms with Crippen molar-refractivity contribution in [3.8, 4) is 5.75 Å². The van der Waals surface area contributed by atoms with E-state index in [9.17, 15) is 14.0 Å². The van der Waals surface area contributed by atoms with Crippen LogP contribution < -0.4 is 15.6 Å². The van der Waals surface area contributed by atoms with Gasteiger partial charge in [-0.05, 0) is 30.3 Å². The van der Waals surface area contributed by atoms with Crippen LogP contribution in [0, 0.1) is 5.82 Å². The van der Waals surface area contributed by atoms with Crippen molar-refractivity contribution in [3.05, 3.63) is 101 Å². The first-order valence-electron chi connectivity index (χ1n) is 8.26. The number of benzene rings is 3. The van der Waals surface area contributed by atoms with Crippen molar-refractivity contribution >= 4 is 11.8 Å². The van der Waals surface area contributed by atoms with Crippen LogP contribution in [0.5, 0.6) is 5.75 Å². The number of halogens is 1. The Bertz CT molecular complexity index is 945. The summed E-state index contributed by atoms with van der Waals surface area (Å²) < 4.78 is 19.3. The summed E-state index contributed by atoms with van der Waals surface area (Å²) in [6.45, 7) is 0.189. The minimum atomic E-state index is -0.737. The fourth-order valence-corrected chi connectivity index (χ4v) is 2.44. The third-order valence-corrected chi connectivity index (χ3v) is 3.81. The molecule has 3 rings (SSSR count). The van der Waals surface area contributed by atoms with E-state index >= 15 is 0 Å². The molecule has 0 saturated carbocycles. The lowest BCUT2D eigenvalue weighted by molar-refractivity contribution is 0.0843. The molecule has 0 aliphatic heterocycles. The Hall–Kier alpha value is -3.67. The smallest absolute Gasteiger partial charge is 0.272 e. The summed E-state index contributed by atoms with van der Waals surface area (Å²) in [5.74, 6) is -1.24. The molecule has 0 fully saturated rings. The summed E-state index contributed by atoms with van der Waals surface area (Å²) in [7, 11) is 0. The summed E-state index contributed by atoms with van der Waals surface area (Å²) >= 11 is 0. The molecule has 0 radical (unpaired) electrons. The molecule has 3 aromatic rings. The van der Waals surface area contributed by atoms with Crippen LogP contribution in [0.1, 0.15) is 26.3 Å². The maximum Gasteiger partial charge on any atom is 0.272 e. The number of nitrogens with one attached hydrogen (secondary N) is 2. The largest absolute Gasteiger partial charge is 0.489 e. The normalized spacial score (nSPS) is 10.1. The average molecular weight is 364 g/mol. The molecule has 0 atom stereocenters. The molecular formula is C21H17FN2O3. The highest BCUT2D eigenvalue weighted by molar-refractivity contribution is 5.99. The predicted octanol–water partition coefficient (Wildman–Crippen LogP) is 3.48. The molecule has 0 aromatic heterocycles. The Morgan fingerprint density at radius 2 is 1.30 bits per heavy atom. The van der Waals surface area contributed by atoms with Crippen LogP contribution in [-0.2, 0) is 6.61 Å². The lowest BCUT2D eigenvalue weighted by Gasteiger charge is -2.12. The molecule has 27 heavy (non-hydrogen) atoms. The molecule has 0 heterocycles. The van der Waals surface area contributed by atoms with Crippen LogP contribution in [0.2, 0.25) is 0 Å². The van der Waals surface area contributed by atoms with Crippen molar-refractivity contribution in [3.63, 3.8) is 0 Å². The minimum Gasteiger partial charge on any atom is -0.489 e. The Morgan fingerprint density at radius 3 is 2.00 bits per heavy atom. The summed E-state index contributed by atoms with van der Waals surface area (Å²) in [6.07, 6.45) is 0. The van der Waals surface area contributed by atoms with E-state index in [0.717, 1.165) is 0 Å². The van der Waals surface area contributed by atoms with Crippen molar-refractivity contribution in [2.24, 2.45) is 0 Å². The molecule has 2 amide bonds. The zero-order valence-electron chi connectivity index (χ0n) is 14.3. The maximum absolute atomic E-state index is 13.6. The van der Waals surface area contributed by atoms with E-state index in [2.05, 4.69) is 10.9 Å². The van der Waals surface area contributed by atoms with Crippen molar-refractivity contribution in [2.75, 3.05) is 0 Å². The van der Waals surface area contributed by atoms with Gasteiger partial charge < -0.3 is 4.74 Å². The number of hydrogen-bond acceptors (Lipinski definition) is 3. The zero-order valence-corrected chi connectivity index (χ0v) is 14.3. The van der Waals surface area contributed by atoms with Crippen LogP contribution in [0.3, 0.4) is 0 Å². The lowest BCUT2D eigenvalue weighted by Crippen LogP contribution is -2.42. The molecule has 136 valence electrons. The Balaban J connectivity index is 1.65. The van der Waals surface area contributed by atoms with Crippen molar-refractivity contribution in [2.45, 2.75) is 6.61 Å². The molecule has 2 N–H and O–H groups in total. The number of para-hydroxylation sites is 1. The van der Waals surface area contributed by atoms with Crippen molar-refractivity contribution in [1.29, 1.82) is 0 Å². The van der Waals surface area contributed by atoms with Gasteiger partial charge in [-0.25, -0.2) is 4.39 Å². The van der Waals surface area contributed by atoms with Crippen LogP contribution in [-0.4, -0.2) is 11.8 Å². The van der Waals surface area contributed by atoms with E-state index in [0.29, 0.717) is 16.9 Å². The van der Waals surface area contributed by atoms with Crippen molar-refractivity contribution in [1.82, 2.24) is 10.9 Å². The fourth-order valence-electron chi connectivity index (χ4n) is 2.44. The van der Waals surface area contributed by atoms with Crippen LogP contribution in [0.4, 0.5) is 4.39 Å². The Morgan fingerprint density at radius 1 is 0.741 bits per heavy atom. The highest BCUT2D eigenvalue weighted by Gasteiger charge is 2.14. The second-order valence-electron chi connectivity index (χ2n) is 5.65. The lowest BCUT2D eigenvalue weighted by atomic mass is 10.1. The number of ether oxygens (including phenoxy) is 1. The van der Waals surface area contributed by atoms with E-state index in [4.69, 9.17) is 4.74 Å². The van der Waals surface area contributed by atoms with Gasteiger partial charge in [-0.1, -0.05) is 48.5 Å². The summed E-state index contributed by atoms with van der Waals surface area (Å²) in [5, 5.41) is 0. The molecule has 6 heteroatoms. The predicted molar refractivity (Wildman–Crippen MR) is 98.5 cm³/mol. The quantitative estimate of drug-likeness (QED) is 0.681. The summed E-state index contributed by atoms with van der Waals surface area (Å²) in [6, 6.07) is 21.6. The number of hydrazine groups is 1. The van der Waals surface area contributed by atoms with Crippen LogP contribution >= 0.6 is 0 Å². The number of carbonyl (C=O) groups excluding carboxylic acids is 2. The highest BCUT2D eigenvalue weighted by atomic mass is 19.1. The van der Waals surface area contributed by atoms with Gasteiger partial charge in [0.1, 0.15) is 18.2 Å². The van der Waals surface area contributed by atoms with E-state index in [1.165, 1.54) is 24.3 Å². The zero-order chi connectivity index (χ0) is 19.1. The number of amides is 2. The standard InChI is InChI=1S/C21H17FN2O3/c22-19-13-7-6-12-18(19)21(26)24-23-20(25)17-11-5-4-8-15(17)14-27-16-9-2-1-3-10-16/h1-13H,14H2,(H,23,25)(H,24,26). The molecule has 0 aliphatic rings. The molecule has 0 saturated heterocycles. The molecule has 0 bridgehead atoms. The van der Waals surface area contributed by atoms with E-state index in [1.807, 2.05) is 30.3 Å². The molecule has 0 unspecified atom stereocenters. The first-order chi connectivity index (χ1) is 13.1. The van der Waals surface area contributed by atoms with Gasteiger partial charge in [0.25, 0.3) is 11.8 Å². The van der Waals surface area contributed by atoms with Crippen molar-refractivity contribution < 1.29 is 18.7 Å². The van der Waals surface area contributed by atoms with Gasteiger partial charge in [0, 0.05) is 11.1 Å². The number of hydrogen-bond donors (Lipinski definition) is 2. The second kappa shape index (κ2) is 8.62. The SMILES string of the molecule is O=C(NNC(=O)c1ccccc1COc1ccccc1)c1ccccc1F. The number of rotatable bonds is 5. The van der Waals surface area contributed by atoms with Gasteiger partial charge >= 0.3 is 0 Å². The van der Waals surface area contributed by atoms with Gasteiger partial charge in [0.05, 0.1) is 5.56 Å². The number of carbonyl (C=O) groups is 2. The van der Waals surface area contributed by atoms with Crippen LogP contribution in [0.25, 0.3) is 0 Å². The highest BCUT2D eigenvalue weighted by Crippen LogP contribution is 2.14. The fraction of sp³-hybridized carbons (Fsp3) is 0.0476. The molecular weight excluding hydrogens is 347 g/mol. The third kappa shape index (κ3) is 4.70. The Labute approximate surface area is 155 Å². The molecule has 0 spiro atoms.